The number of aromatic nitrogens is 1. The molecule has 2 N–H and O–H groups in total. The molecule has 1 aliphatic carbocycles. The smallest absolute Gasteiger partial charge is 0.408 e. The van der Waals surface area contributed by atoms with E-state index in [1.807, 2.05) is 61.5 Å². The summed E-state index contributed by atoms with van der Waals surface area (Å²) in [5.41, 5.74) is 5.18. The number of fused-ring (bicyclic) bond motifs is 1. The van der Waals surface area contributed by atoms with Crippen molar-refractivity contribution in [3.63, 3.8) is 0 Å². The Hall–Kier alpha value is -3.18. The molecule has 0 fully saturated rings. The number of hydrogen-bond donors (Lipinski definition) is 2. The predicted molar refractivity (Wildman–Crippen MR) is 120 cm³/mol. The van der Waals surface area contributed by atoms with E-state index in [0.717, 1.165) is 35.2 Å². The highest BCUT2D eigenvalue weighted by Crippen LogP contribution is 2.44. The lowest BCUT2D eigenvalue weighted by Gasteiger charge is -2.24. The number of aryl methyl sites for hydroxylation is 2. The van der Waals surface area contributed by atoms with Crippen LogP contribution in [0.25, 0.3) is 0 Å². The van der Waals surface area contributed by atoms with Gasteiger partial charge in [0.05, 0.1) is 17.8 Å². The first-order chi connectivity index (χ1) is 15.1. The second-order valence-corrected chi connectivity index (χ2v) is 8.10. The second-order valence-electron chi connectivity index (χ2n) is 8.10. The zero-order valence-electron chi connectivity index (χ0n) is 17.7. The van der Waals surface area contributed by atoms with Crippen molar-refractivity contribution >= 4 is 6.09 Å². The molecule has 3 atom stereocenters. The van der Waals surface area contributed by atoms with Crippen LogP contribution in [-0.4, -0.2) is 28.3 Å². The van der Waals surface area contributed by atoms with Gasteiger partial charge in [0.25, 0.3) is 0 Å². The van der Waals surface area contributed by atoms with Crippen molar-refractivity contribution < 1.29 is 14.6 Å². The number of nitrogens with one attached hydrogen (secondary N) is 1. The van der Waals surface area contributed by atoms with Crippen LogP contribution in [-0.2, 0) is 17.6 Å². The van der Waals surface area contributed by atoms with E-state index in [4.69, 9.17) is 4.74 Å². The van der Waals surface area contributed by atoms with Crippen molar-refractivity contribution in [2.24, 2.45) is 0 Å². The molecular formula is C26H28N2O3. The molecule has 1 amide bonds. The molecule has 0 spiro atoms. The molecule has 4 rings (SSSR count). The Morgan fingerprint density at radius 3 is 2.42 bits per heavy atom. The quantitative estimate of drug-likeness (QED) is 0.538. The molecule has 2 aromatic carbocycles. The lowest BCUT2D eigenvalue weighted by atomic mass is 9.96. The van der Waals surface area contributed by atoms with Crippen LogP contribution in [0.2, 0.25) is 0 Å². The largest absolute Gasteiger partial charge is 0.435 e. The van der Waals surface area contributed by atoms with Gasteiger partial charge in [-0.25, -0.2) is 4.79 Å². The Balaban J connectivity index is 1.35. The van der Waals surface area contributed by atoms with E-state index in [-0.39, 0.29) is 6.10 Å². The highest BCUT2D eigenvalue weighted by atomic mass is 16.6. The molecule has 0 saturated heterocycles. The van der Waals surface area contributed by atoms with Gasteiger partial charge in [-0.2, -0.15) is 0 Å². The molecule has 0 radical (unpaired) electrons. The molecule has 5 nitrogen and oxygen atoms in total. The van der Waals surface area contributed by atoms with Crippen LogP contribution in [0.1, 0.15) is 46.9 Å². The Bertz CT molecular complexity index is 1010. The molecule has 0 saturated carbocycles. The average Bonchev–Trinajstić information content (AvgIpc) is 3.48. The van der Waals surface area contributed by atoms with Crippen LogP contribution in [0.4, 0.5) is 4.79 Å². The first-order valence-electron chi connectivity index (χ1n) is 10.8. The number of carbonyl (C=O) groups excluding carboxylic acids is 1. The standard InChI is InChI=1S/C26H28N2O3/c1-18-15-16-27-24-23(18)25(24)31-26(30)28-21(17-20-11-6-3-7-12-20)22(29)14-8-13-19-9-4-2-5-10-19/h2-7,9-12,15-16,21-22,25,29H,8,13-14,17H2,1H3,(H,28,30)/t21-,22-,25-/m0/s1. The third kappa shape index (κ3) is 5.50. The fourth-order valence-electron chi connectivity index (χ4n) is 3.98. The van der Waals surface area contributed by atoms with Gasteiger partial charge in [0.1, 0.15) is 0 Å². The van der Waals surface area contributed by atoms with E-state index in [1.54, 1.807) is 6.20 Å². The molecule has 0 bridgehead atoms. The average molecular weight is 417 g/mol. The van der Waals surface area contributed by atoms with Gasteiger partial charge < -0.3 is 15.2 Å². The number of aliphatic hydroxyl groups is 1. The SMILES string of the molecule is Cc1ccnc2c1[C@@H]2OC(=O)N[C@@H](Cc1ccccc1)[C@@H](O)CCCc1ccccc1. The first-order valence-corrected chi connectivity index (χ1v) is 10.8. The van der Waals surface area contributed by atoms with E-state index >= 15 is 0 Å². The Morgan fingerprint density at radius 1 is 1.06 bits per heavy atom. The number of ether oxygens (including phenoxy) is 1. The maximum absolute atomic E-state index is 12.6. The van der Waals surface area contributed by atoms with Crippen molar-refractivity contribution in [1.29, 1.82) is 0 Å². The highest BCUT2D eigenvalue weighted by Gasteiger charge is 2.40. The lowest BCUT2D eigenvalue weighted by Crippen LogP contribution is -2.45. The molecule has 1 heterocycles. The van der Waals surface area contributed by atoms with E-state index in [2.05, 4.69) is 22.4 Å². The van der Waals surface area contributed by atoms with Crippen molar-refractivity contribution in [3.05, 3.63) is 101 Å². The predicted octanol–water partition coefficient (Wildman–Crippen LogP) is 4.51. The summed E-state index contributed by atoms with van der Waals surface area (Å²) in [4.78, 5) is 16.9. The first kappa shape index (κ1) is 21.1. The number of alkyl carbamates (subject to hydrolysis) is 1. The van der Waals surface area contributed by atoms with Gasteiger partial charge in [0, 0.05) is 11.8 Å². The zero-order chi connectivity index (χ0) is 21.6. The number of aliphatic hydroxyl groups excluding tert-OH is 1. The van der Waals surface area contributed by atoms with Crippen LogP contribution in [0.3, 0.4) is 0 Å². The Kier molecular flexibility index (Phi) is 6.63. The summed E-state index contributed by atoms with van der Waals surface area (Å²) in [7, 11) is 0. The maximum atomic E-state index is 12.6. The number of amides is 1. The van der Waals surface area contributed by atoms with Gasteiger partial charge in [0.2, 0.25) is 0 Å². The molecule has 1 aromatic heterocycles. The molecular weight excluding hydrogens is 388 g/mol. The third-order valence-electron chi connectivity index (χ3n) is 5.77. The summed E-state index contributed by atoms with van der Waals surface area (Å²) in [6, 6.07) is 21.6. The second kappa shape index (κ2) is 9.75. The number of carbonyl (C=O) groups is 1. The maximum Gasteiger partial charge on any atom is 0.408 e. The van der Waals surface area contributed by atoms with Crippen LogP contribution in [0.5, 0.6) is 0 Å². The minimum absolute atomic E-state index is 0.373. The van der Waals surface area contributed by atoms with Crippen molar-refractivity contribution in [3.8, 4) is 0 Å². The topological polar surface area (TPSA) is 71.5 Å². The van der Waals surface area contributed by atoms with Gasteiger partial charge in [-0.15, -0.1) is 0 Å². The Labute approximate surface area is 183 Å². The summed E-state index contributed by atoms with van der Waals surface area (Å²) in [6.45, 7) is 1.98. The molecule has 31 heavy (non-hydrogen) atoms. The minimum Gasteiger partial charge on any atom is -0.435 e. The number of rotatable bonds is 9. The molecule has 160 valence electrons. The summed E-state index contributed by atoms with van der Waals surface area (Å²) in [6.07, 6.45) is 3.02. The third-order valence-corrected chi connectivity index (χ3v) is 5.77. The van der Waals surface area contributed by atoms with E-state index < -0.39 is 18.2 Å². The zero-order valence-corrected chi connectivity index (χ0v) is 17.7. The lowest BCUT2D eigenvalue weighted by molar-refractivity contribution is 0.0927. The minimum atomic E-state index is -0.669. The van der Waals surface area contributed by atoms with Crippen LogP contribution in [0.15, 0.2) is 72.9 Å². The number of benzene rings is 2. The molecule has 1 aliphatic rings. The van der Waals surface area contributed by atoms with E-state index in [1.165, 1.54) is 5.56 Å². The molecule has 5 heteroatoms. The van der Waals surface area contributed by atoms with Gasteiger partial charge in [-0.1, -0.05) is 60.7 Å². The number of hydrogen-bond acceptors (Lipinski definition) is 4. The fourth-order valence-corrected chi connectivity index (χ4v) is 3.98. The summed E-state index contributed by atoms with van der Waals surface area (Å²) in [5.74, 6) is 0. The van der Waals surface area contributed by atoms with Crippen molar-refractivity contribution in [1.82, 2.24) is 10.3 Å². The summed E-state index contributed by atoms with van der Waals surface area (Å²) >= 11 is 0. The van der Waals surface area contributed by atoms with Gasteiger partial charge in [-0.05, 0) is 55.4 Å². The normalized spacial score (nSPS) is 16.1. The molecule has 0 aliphatic heterocycles. The number of nitrogens with zero attached hydrogens (tertiary/aromatic N) is 1. The van der Waals surface area contributed by atoms with Crippen LogP contribution in [0, 0.1) is 6.92 Å². The van der Waals surface area contributed by atoms with E-state index in [9.17, 15) is 9.90 Å². The number of pyridine rings is 1. The van der Waals surface area contributed by atoms with E-state index in [0.29, 0.717) is 12.8 Å². The van der Waals surface area contributed by atoms with Gasteiger partial charge in [0.15, 0.2) is 6.10 Å². The van der Waals surface area contributed by atoms with Crippen LogP contribution >= 0.6 is 0 Å². The summed E-state index contributed by atoms with van der Waals surface area (Å²) in [5, 5.41) is 13.8. The summed E-state index contributed by atoms with van der Waals surface area (Å²) < 4.78 is 5.58. The molecule has 0 unspecified atom stereocenters. The van der Waals surface area contributed by atoms with Crippen molar-refractivity contribution in [2.45, 2.75) is 50.9 Å². The van der Waals surface area contributed by atoms with Gasteiger partial charge in [-0.3, -0.25) is 4.98 Å². The monoisotopic (exact) mass is 416 g/mol. The fraction of sp³-hybridized carbons (Fsp3) is 0.308. The van der Waals surface area contributed by atoms with Gasteiger partial charge >= 0.3 is 6.09 Å². The van der Waals surface area contributed by atoms with Crippen LogP contribution < -0.4 is 5.32 Å². The van der Waals surface area contributed by atoms with Crippen molar-refractivity contribution in [2.75, 3.05) is 0 Å². The Morgan fingerprint density at radius 2 is 1.74 bits per heavy atom. The highest BCUT2D eigenvalue weighted by molar-refractivity contribution is 5.70. The molecule has 3 aromatic rings.